The SMILES string of the molecule is C=CCc1ccc(-c2ccc3cc(/C=C/CCCC(C)OCCCCC)ccc3n2)c(F)c1. The molecule has 1 heterocycles. The Balaban J connectivity index is 1.56. The summed E-state index contributed by atoms with van der Waals surface area (Å²) in [5, 5.41) is 1.05. The summed E-state index contributed by atoms with van der Waals surface area (Å²) in [7, 11) is 0. The minimum Gasteiger partial charge on any atom is -0.379 e. The van der Waals surface area contributed by atoms with E-state index in [4.69, 9.17) is 9.72 Å². The van der Waals surface area contributed by atoms with E-state index in [0.717, 1.165) is 54.3 Å². The van der Waals surface area contributed by atoms with E-state index in [2.05, 4.69) is 44.7 Å². The molecule has 1 unspecified atom stereocenters. The van der Waals surface area contributed by atoms with Crippen LogP contribution in [0.25, 0.3) is 28.2 Å². The zero-order chi connectivity index (χ0) is 23.5. The van der Waals surface area contributed by atoms with E-state index in [1.54, 1.807) is 18.2 Å². The maximum absolute atomic E-state index is 14.6. The highest BCUT2D eigenvalue weighted by molar-refractivity contribution is 5.83. The molecule has 2 nitrogen and oxygen atoms in total. The number of unbranched alkanes of at least 4 members (excludes halogenated alkanes) is 3. The average molecular weight is 446 g/mol. The minimum absolute atomic E-state index is 0.249. The number of pyridine rings is 1. The third-order valence-electron chi connectivity index (χ3n) is 5.84. The van der Waals surface area contributed by atoms with Gasteiger partial charge in [-0.25, -0.2) is 9.37 Å². The van der Waals surface area contributed by atoms with Crippen LogP contribution in [0.2, 0.25) is 0 Å². The molecule has 0 saturated carbocycles. The van der Waals surface area contributed by atoms with Gasteiger partial charge in [0.05, 0.1) is 17.3 Å². The van der Waals surface area contributed by atoms with Gasteiger partial charge in [0.25, 0.3) is 0 Å². The first-order chi connectivity index (χ1) is 16.1. The van der Waals surface area contributed by atoms with E-state index in [1.165, 1.54) is 12.8 Å². The molecule has 3 rings (SSSR count). The Morgan fingerprint density at radius 3 is 2.73 bits per heavy atom. The number of ether oxygens (including phenoxy) is 1. The lowest BCUT2D eigenvalue weighted by atomic mass is 10.0. The minimum atomic E-state index is -0.249. The quantitative estimate of drug-likeness (QED) is 0.194. The van der Waals surface area contributed by atoms with Crippen molar-refractivity contribution < 1.29 is 9.13 Å². The summed E-state index contributed by atoms with van der Waals surface area (Å²) in [6.07, 6.45) is 14.1. The number of hydrogen-bond acceptors (Lipinski definition) is 2. The van der Waals surface area contributed by atoms with Crippen molar-refractivity contribution in [1.29, 1.82) is 0 Å². The highest BCUT2D eigenvalue weighted by Gasteiger charge is 2.08. The standard InChI is InChI=1S/C30H36FNO/c1-4-6-10-20-33-23(3)12-8-7-9-13-25-15-18-29-26(21-25)16-19-30(32-29)27-17-14-24(11-5-2)22-28(27)31/h5,9,13-19,21-23H,2,4,6-8,10-12,20H2,1,3H3/b13-9+. The Labute approximate surface area is 198 Å². The molecule has 1 aromatic heterocycles. The lowest BCUT2D eigenvalue weighted by Gasteiger charge is -2.12. The fourth-order valence-corrected chi connectivity index (χ4v) is 3.92. The molecule has 2 aromatic carbocycles. The molecule has 0 aliphatic carbocycles. The van der Waals surface area contributed by atoms with Crippen LogP contribution in [0.4, 0.5) is 4.39 Å². The van der Waals surface area contributed by atoms with E-state index >= 15 is 0 Å². The van der Waals surface area contributed by atoms with Crippen molar-refractivity contribution in [3.63, 3.8) is 0 Å². The molecular weight excluding hydrogens is 409 g/mol. The van der Waals surface area contributed by atoms with Crippen LogP contribution >= 0.6 is 0 Å². The maximum atomic E-state index is 14.6. The number of aromatic nitrogens is 1. The second-order valence-corrected chi connectivity index (χ2v) is 8.68. The molecule has 0 bridgehead atoms. The molecule has 0 radical (unpaired) electrons. The first kappa shape index (κ1) is 24.9. The second-order valence-electron chi connectivity index (χ2n) is 8.68. The molecule has 3 heteroatoms. The van der Waals surface area contributed by atoms with Crippen LogP contribution in [-0.4, -0.2) is 17.7 Å². The molecule has 0 aliphatic rings. The zero-order valence-corrected chi connectivity index (χ0v) is 20.0. The van der Waals surface area contributed by atoms with Crippen molar-refractivity contribution in [2.45, 2.75) is 64.9 Å². The van der Waals surface area contributed by atoms with Gasteiger partial charge in [-0.2, -0.15) is 0 Å². The normalized spacial score (nSPS) is 12.5. The van der Waals surface area contributed by atoms with Crippen molar-refractivity contribution in [3.8, 4) is 11.3 Å². The Bertz CT molecular complexity index is 1070. The number of hydrogen-bond donors (Lipinski definition) is 0. The van der Waals surface area contributed by atoms with Crippen molar-refractivity contribution >= 4 is 17.0 Å². The molecule has 0 amide bonds. The fourth-order valence-electron chi connectivity index (χ4n) is 3.92. The molecule has 3 aromatic rings. The molecule has 33 heavy (non-hydrogen) atoms. The fraction of sp³-hybridized carbons (Fsp3) is 0.367. The van der Waals surface area contributed by atoms with Gasteiger partial charge < -0.3 is 4.74 Å². The van der Waals surface area contributed by atoms with E-state index < -0.39 is 0 Å². The van der Waals surface area contributed by atoms with Gasteiger partial charge >= 0.3 is 0 Å². The smallest absolute Gasteiger partial charge is 0.132 e. The number of benzene rings is 2. The lowest BCUT2D eigenvalue weighted by Crippen LogP contribution is -2.08. The molecule has 174 valence electrons. The third-order valence-corrected chi connectivity index (χ3v) is 5.84. The summed E-state index contributed by atoms with van der Waals surface area (Å²) in [5.41, 5.74) is 4.11. The van der Waals surface area contributed by atoms with E-state index in [1.807, 2.05) is 24.3 Å². The van der Waals surface area contributed by atoms with Crippen LogP contribution in [0.3, 0.4) is 0 Å². The summed E-state index contributed by atoms with van der Waals surface area (Å²) in [5.74, 6) is -0.249. The lowest BCUT2D eigenvalue weighted by molar-refractivity contribution is 0.0566. The van der Waals surface area contributed by atoms with E-state index in [-0.39, 0.29) is 5.82 Å². The van der Waals surface area contributed by atoms with Gasteiger partial charge in [0.2, 0.25) is 0 Å². The Kier molecular flexibility index (Phi) is 9.83. The van der Waals surface area contributed by atoms with Gasteiger partial charge in [0.1, 0.15) is 5.82 Å². The van der Waals surface area contributed by atoms with Gasteiger partial charge in [-0.3, -0.25) is 0 Å². The summed E-state index contributed by atoms with van der Waals surface area (Å²) in [6, 6.07) is 15.4. The Morgan fingerprint density at radius 1 is 1.06 bits per heavy atom. The topological polar surface area (TPSA) is 22.1 Å². The molecular formula is C30H36FNO. The summed E-state index contributed by atoms with van der Waals surface area (Å²) >= 11 is 0. The maximum Gasteiger partial charge on any atom is 0.132 e. The van der Waals surface area contributed by atoms with E-state index in [9.17, 15) is 4.39 Å². The average Bonchev–Trinajstić information content (AvgIpc) is 2.81. The number of halogens is 1. The molecule has 0 N–H and O–H groups in total. The van der Waals surface area contributed by atoms with Crippen molar-refractivity contribution in [1.82, 2.24) is 4.98 Å². The molecule has 0 aliphatic heterocycles. The Morgan fingerprint density at radius 2 is 1.94 bits per heavy atom. The molecule has 1 atom stereocenters. The number of nitrogens with zero attached hydrogens (tertiary/aromatic N) is 1. The highest BCUT2D eigenvalue weighted by atomic mass is 19.1. The van der Waals surface area contributed by atoms with Crippen molar-refractivity contribution in [2.75, 3.05) is 6.61 Å². The van der Waals surface area contributed by atoms with Crippen molar-refractivity contribution in [3.05, 3.63) is 84.2 Å². The largest absolute Gasteiger partial charge is 0.379 e. The molecule has 0 saturated heterocycles. The second kappa shape index (κ2) is 13.1. The zero-order valence-electron chi connectivity index (χ0n) is 20.0. The number of fused-ring (bicyclic) bond motifs is 1. The Hall–Kier alpha value is -2.78. The molecule has 0 fully saturated rings. The third kappa shape index (κ3) is 7.64. The van der Waals surface area contributed by atoms with Crippen LogP contribution in [0, 0.1) is 5.82 Å². The van der Waals surface area contributed by atoms with Crippen LogP contribution in [0.5, 0.6) is 0 Å². The number of rotatable bonds is 13. The van der Waals surface area contributed by atoms with Crippen LogP contribution in [0.15, 0.2) is 67.3 Å². The first-order valence-electron chi connectivity index (χ1n) is 12.2. The van der Waals surface area contributed by atoms with Crippen LogP contribution in [0.1, 0.15) is 63.5 Å². The van der Waals surface area contributed by atoms with Crippen molar-refractivity contribution in [2.24, 2.45) is 0 Å². The van der Waals surface area contributed by atoms with Crippen LogP contribution < -0.4 is 0 Å². The van der Waals surface area contributed by atoms with Gasteiger partial charge in [-0.15, -0.1) is 6.58 Å². The molecule has 0 spiro atoms. The van der Waals surface area contributed by atoms with Gasteiger partial charge in [-0.05, 0) is 80.5 Å². The van der Waals surface area contributed by atoms with Gasteiger partial charge in [0.15, 0.2) is 0 Å². The van der Waals surface area contributed by atoms with Gasteiger partial charge in [0, 0.05) is 17.6 Å². The predicted molar refractivity (Wildman–Crippen MR) is 139 cm³/mol. The van der Waals surface area contributed by atoms with Gasteiger partial charge in [-0.1, -0.05) is 56.2 Å². The summed E-state index contributed by atoms with van der Waals surface area (Å²) in [6.45, 7) is 8.97. The van der Waals surface area contributed by atoms with Crippen LogP contribution in [-0.2, 0) is 11.2 Å². The predicted octanol–water partition coefficient (Wildman–Crippen LogP) is 8.55. The summed E-state index contributed by atoms with van der Waals surface area (Å²) in [4.78, 5) is 4.69. The number of allylic oxidation sites excluding steroid dienone is 2. The monoisotopic (exact) mass is 445 g/mol. The highest BCUT2D eigenvalue weighted by Crippen LogP contribution is 2.25. The van der Waals surface area contributed by atoms with E-state index in [0.29, 0.717) is 23.8 Å². The summed E-state index contributed by atoms with van der Waals surface area (Å²) < 4.78 is 20.4. The first-order valence-corrected chi connectivity index (χ1v) is 12.2.